The van der Waals surface area contributed by atoms with E-state index in [0.717, 1.165) is 0 Å². The third-order valence-corrected chi connectivity index (χ3v) is 3.26. The molecule has 2 aromatic heterocycles. The number of imidazole rings is 1. The molecule has 0 aromatic carbocycles. The lowest BCUT2D eigenvalue weighted by Gasteiger charge is -2.16. The van der Waals surface area contributed by atoms with E-state index >= 15 is 0 Å². The highest BCUT2D eigenvalue weighted by Gasteiger charge is 2.43. The van der Waals surface area contributed by atoms with Gasteiger partial charge in [0.05, 0.1) is 12.9 Å². The van der Waals surface area contributed by atoms with Gasteiger partial charge in [0.15, 0.2) is 23.2 Å². The molecule has 3 heterocycles. The Morgan fingerprint density at radius 1 is 1.25 bits per heavy atom. The average molecular weight is 283 g/mol. The van der Waals surface area contributed by atoms with E-state index in [-0.39, 0.29) is 11.3 Å². The lowest BCUT2D eigenvalue weighted by Crippen LogP contribution is -2.33. The molecule has 3 rings (SSSR count). The monoisotopic (exact) mass is 283 g/mol. The molecule has 10 nitrogen and oxygen atoms in total. The Morgan fingerprint density at radius 3 is 2.70 bits per heavy atom. The lowest BCUT2D eigenvalue weighted by molar-refractivity contribution is -0.0511. The van der Waals surface area contributed by atoms with E-state index in [4.69, 9.17) is 15.1 Å². The van der Waals surface area contributed by atoms with Crippen LogP contribution < -0.4 is 5.48 Å². The Kier molecular flexibility index (Phi) is 3.23. The zero-order chi connectivity index (χ0) is 14.3. The summed E-state index contributed by atoms with van der Waals surface area (Å²) in [6.45, 7) is -0.417. The molecule has 4 atom stereocenters. The SMILES string of the molecule is OCC1OC(n2cnc3c(NO)ncnc32)C(O)C1O. The third kappa shape index (κ3) is 1.82. The van der Waals surface area contributed by atoms with E-state index in [1.165, 1.54) is 17.2 Å². The molecule has 0 radical (unpaired) electrons. The van der Waals surface area contributed by atoms with Gasteiger partial charge in [-0.15, -0.1) is 0 Å². The number of nitrogens with zero attached hydrogens (tertiary/aromatic N) is 4. The molecular formula is C10H13N5O5. The van der Waals surface area contributed by atoms with Crippen molar-refractivity contribution in [2.45, 2.75) is 24.5 Å². The number of hydrogen-bond acceptors (Lipinski definition) is 9. The topological polar surface area (TPSA) is 146 Å². The Morgan fingerprint density at radius 2 is 2.05 bits per heavy atom. The van der Waals surface area contributed by atoms with Crippen molar-refractivity contribution in [3.05, 3.63) is 12.7 Å². The molecule has 1 aliphatic heterocycles. The number of hydrogen-bond donors (Lipinski definition) is 5. The lowest BCUT2D eigenvalue weighted by atomic mass is 10.1. The number of nitrogens with one attached hydrogen (secondary N) is 1. The molecule has 5 N–H and O–H groups in total. The fourth-order valence-corrected chi connectivity index (χ4v) is 2.23. The zero-order valence-corrected chi connectivity index (χ0v) is 10.2. The van der Waals surface area contributed by atoms with Crippen molar-refractivity contribution < 1.29 is 25.3 Å². The van der Waals surface area contributed by atoms with Gasteiger partial charge in [-0.2, -0.15) is 0 Å². The predicted octanol–water partition coefficient (Wildman–Crippen LogP) is -1.76. The van der Waals surface area contributed by atoms with Gasteiger partial charge in [-0.1, -0.05) is 0 Å². The summed E-state index contributed by atoms with van der Waals surface area (Å²) in [6.07, 6.45) is -1.70. The first kappa shape index (κ1) is 13.1. The van der Waals surface area contributed by atoms with Crippen molar-refractivity contribution in [3.8, 4) is 0 Å². The van der Waals surface area contributed by atoms with Crippen LogP contribution in [-0.4, -0.2) is 65.0 Å². The molecule has 1 fully saturated rings. The summed E-state index contributed by atoms with van der Waals surface area (Å²) in [4.78, 5) is 11.8. The highest BCUT2D eigenvalue weighted by Crippen LogP contribution is 2.31. The van der Waals surface area contributed by atoms with E-state index in [0.29, 0.717) is 5.65 Å². The van der Waals surface area contributed by atoms with Crippen molar-refractivity contribution in [2.24, 2.45) is 0 Å². The van der Waals surface area contributed by atoms with Gasteiger partial charge >= 0.3 is 0 Å². The second-order valence-corrected chi connectivity index (χ2v) is 4.39. The van der Waals surface area contributed by atoms with E-state index < -0.39 is 31.1 Å². The fraction of sp³-hybridized carbons (Fsp3) is 0.500. The maximum Gasteiger partial charge on any atom is 0.181 e. The van der Waals surface area contributed by atoms with Gasteiger partial charge in [0.25, 0.3) is 0 Å². The number of aromatic nitrogens is 4. The Labute approximate surface area is 112 Å². The number of anilines is 1. The minimum atomic E-state index is -1.23. The molecule has 0 saturated carbocycles. The molecule has 10 heteroatoms. The first-order chi connectivity index (χ1) is 9.67. The van der Waals surface area contributed by atoms with E-state index in [1.807, 2.05) is 5.48 Å². The quantitative estimate of drug-likeness (QED) is 0.413. The first-order valence-corrected chi connectivity index (χ1v) is 5.87. The predicted molar refractivity (Wildman–Crippen MR) is 63.7 cm³/mol. The van der Waals surface area contributed by atoms with Gasteiger partial charge in [0.2, 0.25) is 0 Å². The Balaban J connectivity index is 2.03. The van der Waals surface area contributed by atoms with Gasteiger partial charge in [-0.3, -0.25) is 15.3 Å². The summed E-state index contributed by atoms with van der Waals surface area (Å²) >= 11 is 0. The molecule has 0 spiro atoms. The molecule has 2 aromatic rings. The van der Waals surface area contributed by atoms with Crippen molar-refractivity contribution in [2.75, 3.05) is 12.1 Å². The van der Waals surface area contributed by atoms with Crippen molar-refractivity contribution in [3.63, 3.8) is 0 Å². The molecule has 0 amide bonds. The summed E-state index contributed by atoms with van der Waals surface area (Å²) in [7, 11) is 0. The Hall–Kier alpha value is -1.85. The van der Waals surface area contributed by atoms with Crippen molar-refractivity contribution in [1.29, 1.82) is 0 Å². The normalized spacial score (nSPS) is 30.0. The number of aliphatic hydroxyl groups is 3. The Bertz CT molecular complexity index is 619. The number of aliphatic hydroxyl groups excluding tert-OH is 3. The van der Waals surface area contributed by atoms with Crippen LogP contribution in [0.3, 0.4) is 0 Å². The van der Waals surface area contributed by atoms with Crippen LogP contribution in [-0.2, 0) is 4.74 Å². The summed E-state index contributed by atoms with van der Waals surface area (Å²) in [5.74, 6) is 0.112. The second kappa shape index (κ2) is 4.92. The zero-order valence-electron chi connectivity index (χ0n) is 10.2. The van der Waals surface area contributed by atoms with E-state index in [1.54, 1.807) is 0 Å². The van der Waals surface area contributed by atoms with E-state index in [9.17, 15) is 10.2 Å². The minimum Gasteiger partial charge on any atom is -0.394 e. The van der Waals surface area contributed by atoms with Gasteiger partial charge < -0.3 is 20.1 Å². The first-order valence-electron chi connectivity index (χ1n) is 5.87. The van der Waals surface area contributed by atoms with Gasteiger partial charge in [0.1, 0.15) is 24.6 Å². The summed E-state index contributed by atoms with van der Waals surface area (Å²) in [5.41, 5.74) is 2.49. The van der Waals surface area contributed by atoms with Gasteiger partial charge in [0, 0.05) is 0 Å². The summed E-state index contributed by atoms with van der Waals surface area (Å²) in [6, 6.07) is 0. The smallest absolute Gasteiger partial charge is 0.181 e. The summed E-state index contributed by atoms with van der Waals surface area (Å²) < 4.78 is 6.79. The van der Waals surface area contributed by atoms with Crippen LogP contribution in [0, 0.1) is 0 Å². The number of fused-ring (bicyclic) bond motifs is 1. The standard InChI is InChI=1S/C10H13N5O5/c16-1-4-6(17)7(18)10(20-4)15-3-13-5-8(14-19)11-2-12-9(5)15/h2-4,6-7,10,16-19H,1H2,(H,11,12,14). The molecule has 0 aliphatic carbocycles. The third-order valence-electron chi connectivity index (χ3n) is 3.26. The second-order valence-electron chi connectivity index (χ2n) is 4.39. The van der Waals surface area contributed by atoms with Gasteiger partial charge in [-0.25, -0.2) is 15.0 Å². The molecule has 0 bridgehead atoms. The maximum absolute atomic E-state index is 9.97. The highest BCUT2D eigenvalue weighted by molar-refractivity contribution is 5.82. The van der Waals surface area contributed by atoms with Crippen LogP contribution in [0.5, 0.6) is 0 Å². The molecular weight excluding hydrogens is 270 g/mol. The van der Waals surface area contributed by atoms with Crippen molar-refractivity contribution >= 4 is 17.0 Å². The summed E-state index contributed by atoms with van der Waals surface area (Å²) in [5, 5.41) is 37.7. The average Bonchev–Trinajstić information content (AvgIpc) is 3.01. The van der Waals surface area contributed by atoms with Crippen LogP contribution in [0.1, 0.15) is 6.23 Å². The largest absolute Gasteiger partial charge is 0.394 e. The van der Waals surface area contributed by atoms with Crippen LogP contribution in [0.2, 0.25) is 0 Å². The van der Waals surface area contributed by atoms with Crippen LogP contribution in [0.15, 0.2) is 12.7 Å². The maximum atomic E-state index is 9.97. The molecule has 1 saturated heterocycles. The molecule has 4 unspecified atom stereocenters. The van der Waals surface area contributed by atoms with E-state index in [2.05, 4.69) is 15.0 Å². The van der Waals surface area contributed by atoms with Crippen LogP contribution >= 0.6 is 0 Å². The minimum absolute atomic E-state index is 0.112. The van der Waals surface area contributed by atoms with Crippen molar-refractivity contribution in [1.82, 2.24) is 19.5 Å². The van der Waals surface area contributed by atoms with Crippen LogP contribution in [0.25, 0.3) is 11.2 Å². The number of rotatable bonds is 3. The molecule has 1 aliphatic rings. The van der Waals surface area contributed by atoms with Gasteiger partial charge in [-0.05, 0) is 0 Å². The fourth-order valence-electron chi connectivity index (χ4n) is 2.23. The molecule has 108 valence electrons. The molecule has 20 heavy (non-hydrogen) atoms. The number of ether oxygens (including phenoxy) is 1. The highest BCUT2D eigenvalue weighted by atomic mass is 16.6. The van der Waals surface area contributed by atoms with Crippen LogP contribution in [0.4, 0.5) is 5.82 Å².